The summed E-state index contributed by atoms with van der Waals surface area (Å²) in [6.07, 6.45) is 3.83. The largest absolute Gasteiger partial charge is 0.490 e. The lowest BCUT2D eigenvalue weighted by Crippen LogP contribution is -2.01. The molecule has 0 aliphatic rings. The van der Waals surface area contributed by atoms with Crippen molar-refractivity contribution in [2.24, 2.45) is 5.10 Å². The number of benzene rings is 2. The number of unbranched alkanes of at least 4 members (excludes halogenated alkanes) is 1. The van der Waals surface area contributed by atoms with Crippen LogP contribution in [0.2, 0.25) is 0 Å². The fourth-order valence-electron chi connectivity index (χ4n) is 2.62. The molecule has 3 aromatic rings. The maximum absolute atomic E-state index is 5.83. The van der Waals surface area contributed by atoms with Crippen LogP contribution in [0.4, 0.5) is 0 Å². The Morgan fingerprint density at radius 2 is 1.93 bits per heavy atom. The van der Waals surface area contributed by atoms with Crippen LogP contribution in [0.5, 0.6) is 11.5 Å². The van der Waals surface area contributed by atoms with E-state index in [-0.39, 0.29) is 0 Å². The first-order valence-electron chi connectivity index (χ1n) is 9.39. The van der Waals surface area contributed by atoms with E-state index in [2.05, 4.69) is 22.2 Å². The average Bonchev–Trinajstić information content (AvgIpc) is 3.09. The van der Waals surface area contributed by atoms with E-state index in [0.717, 1.165) is 29.7 Å². The second kappa shape index (κ2) is 9.85. The minimum atomic E-state index is 0.430. The van der Waals surface area contributed by atoms with Crippen molar-refractivity contribution in [3.63, 3.8) is 0 Å². The first-order valence-corrected chi connectivity index (χ1v) is 9.80. The number of aromatic amines is 1. The first-order chi connectivity index (χ1) is 13.7. The highest BCUT2D eigenvalue weighted by Crippen LogP contribution is 2.28. The molecule has 1 heterocycles. The van der Waals surface area contributed by atoms with Crippen LogP contribution in [-0.4, -0.2) is 34.3 Å². The summed E-state index contributed by atoms with van der Waals surface area (Å²) in [5.41, 5.74) is 1.81. The van der Waals surface area contributed by atoms with Crippen LogP contribution in [0.15, 0.2) is 53.6 Å². The average molecular weight is 397 g/mol. The van der Waals surface area contributed by atoms with Crippen LogP contribution in [0, 0.1) is 4.77 Å². The molecule has 0 atom stereocenters. The molecule has 0 aliphatic heterocycles. The maximum atomic E-state index is 5.83. The van der Waals surface area contributed by atoms with Crippen molar-refractivity contribution < 1.29 is 9.47 Å². The number of H-pyrrole nitrogens is 1. The summed E-state index contributed by atoms with van der Waals surface area (Å²) in [5.74, 6) is 2.12. The van der Waals surface area contributed by atoms with Gasteiger partial charge in [0.25, 0.3) is 0 Å². The van der Waals surface area contributed by atoms with Gasteiger partial charge in [-0.3, -0.25) is 0 Å². The molecule has 0 spiro atoms. The lowest BCUT2D eigenvalue weighted by atomic mass is 10.2. The number of nitrogens with one attached hydrogen (secondary N) is 1. The van der Waals surface area contributed by atoms with Gasteiger partial charge in [0.15, 0.2) is 17.3 Å². The van der Waals surface area contributed by atoms with Crippen LogP contribution < -0.4 is 9.47 Å². The smallest absolute Gasteiger partial charge is 0.216 e. The molecule has 1 aromatic heterocycles. The molecule has 0 saturated heterocycles. The lowest BCUT2D eigenvalue weighted by Gasteiger charge is -2.12. The van der Waals surface area contributed by atoms with E-state index >= 15 is 0 Å². The van der Waals surface area contributed by atoms with Gasteiger partial charge in [0.1, 0.15) is 0 Å². The van der Waals surface area contributed by atoms with Gasteiger partial charge in [0, 0.05) is 5.56 Å². The normalized spacial score (nSPS) is 11.1. The fourth-order valence-corrected chi connectivity index (χ4v) is 2.80. The Bertz CT molecular complexity index is 980. The van der Waals surface area contributed by atoms with Gasteiger partial charge < -0.3 is 9.47 Å². The van der Waals surface area contributed by atoms with Crippen molar-refractivity contribution in [2.45, 2.75) is 26.7 Å². The molecular formula is C21H24N4O2S. The van der Waals surface area contributed by atoms with Gasteiger partial charge in [-0.2, -0.15) is 14.9 Å². The van der Waals surface area contributed by atoms with Gasteiger partial charge in [-0.1, -0.05) is 43.7 Å². The van der Waals surface area contributed by atoms with Crippen LogP contribution in [-0.2, 0) is 0 Å². The van der Waals surface area contributed by atoms with Crippen molar-refractivity contribution in [2.75, 3.05) is 13.2 Å². The third kappa shape index (κ3) is 4.86. The summed E-state index contributed by atoms with van der Waals surface area (Å²) in [7, 11) is 0. The Morgan fingerprint density at radius 1 is 1.11 bits per heavy atom. The van der Waals surface area contributed by atoms with E-state index in [1.807, 2.05) is 55.5 Å². The number of rotatable bonds is 9. The minimum absolute atomic E-state index is 0.430. The molecule has 2 aromatic carbocycles. The molecule has 6 nitrogen and oxygen atoms in total. The van der Waals surface area contributed by atoms with Crippen LogP contribution in [0.3, 0.4) is 0 Å². The monoisotopic (exact) mass is 396 g/mol. The van der Waals surface area contributed by atoms with Gasteiger partial charge in [0.05, 0.1) is 19.4 Å². The molecule has 0 unspecified atom stereocenters. The first kappa shape index (κ1) is 19.8. The van der Waals surface area contributed by atoms with Crippen molar-refractivity contribution in [1.29, 1.82) is 0 Å². The molecule has 7 heteroatoms. The fraction of sp³-hybridized carbons (Fsp3) is 0.286. The second-order valence-electron chi connectivity index (χ2n) is 6.12. The van der Waals surface area contributed by atoms with E-state index in [0.29, 0.717) is 29.6 Å². The topological polar surface area (TPSA) is 64.4 Å². The molecule has 0 radical (unpaired) electrons. The number of hydrogen-bond donors (Lipinski definition) is 1. The summed E-state index contributed by atoms with van der Waals surface area (Å²) in [6.45, 7) is 5.33. The Hall–Kier alpha value is -2.93. The van der Waals surface area contributed by atoms with E-state index in [1.54, 1.807) is 10.9 Å². The van der Waals surface area contributed by atoms with Crippen molar-refractivity contribution in [1.82, 2.24) is 14.9 Å². The molecule has 28 heavy (non-hydrogen) atoms. The minimum Gasteiger partial charge on any atom is -0.490 e. The zero-order valence-corrected chi connectivity index (χ0v) is 16.9. The molecule has 0 fully saturated rings. The number of ether oxygens (including phenoxy) is 2. The van der Waals surface area contributed by atoms with Crippen molar-refractivity contribution in [3.05, 3.63) is 58.9 Å². The molecular weight excluding hydrogens is 372 g/mol. The summed E-state index contributed by atoms with van der Waals surface area (Å²) >= 11 is 5.32. The molecule has 0 amide bonds. The summed E-state index contributed by atoms with van der Waals surface area (Å²) in [6, 6.07) is 15.6. The number of hydrogen-bond acceptors (Lipinski definition) is 5. The van der Waals surface area contributed by atoms with E-state index in [9.17, 15) is 0 Å². The van der Waals surface area contributed by atoms with Crippen LogP contribution in [0.1, 0.15) is 32.3 Å². The van der Waals surface area contributed by atoms with E-state index < -0.39 is 0 Å². The summed E-state index contributed by atoms with van der Waals surface area (Å²) in [4.78, 5) is 0. The number of aromatic nitrogens is 3. The van der Waals surface area contributed by atoms with Gasteiger partial charge in [-0.25, -0.2) is 5.10 Å². The van der Waals surface area contributed by atoms with Crippen LogP contribution >= 0.6 is 12.2 Å². The van der Waals surface area contributed by atoms with Crippen molar-refractivity contribution in [3.8, 4) is 22.9 Å². The molecule has 0 bridgehead atoms. The standard InChI is InChI=1S/C21H24N4O2S/c1-3-5-13-27-18-12-11-16(14-19(18)26-4-2)15-22-25-20(23-24-21(25)28)17-9-7-6-8-10-17/h6-12,14-15H,3-5,13H2,1-2H3,(H,24,28)/b22-15-. The highest BCUT2D eigenvalue weighted by atomic mass is 32.1. The Kier molecular flexibility index (Phi) is 6.97. The zero-order chi connectivity index (χ0) is 19.8. The highest BCUT2D eigenvalue weighted by molar-refractivity contribution is 7.71. The highest BCUT2D eigenvalue weighted by Gasteiger charge is 2.08. The number of nitrogens with zero attached hydrogens (tertiary/aromatic N) is 3. The SMILES string of the molecule is CCCCOc1ccc(/C=N\n2c(-c3ccccc3)n[nH]c2=S)cc1OCC. The Labute approximate surface area is 169 Å². The quantitative estimate of drug-likeness (QED) is 0.312. The molecule has 0 saturated carbocycles. The van der Waals surface area contributed by atoms with Gasteiger partial charge in [-0.15, -0.1) is 0 Å². The maximum Gasteiger partial charge on any atom is 0.216 e. The van der Waals surface area contributed by atoms with Gasteiger partial charge in [0.2, 0.25) is 4.77 Å². The summed E-state index contributed by atoms with van der Waals surface area (Å²) in [5, 5.41) is 11.6. The predicted molar refractivity (Wildman–Crippen MR) is 114 cm³/mol. The summed E-state index contributed by atoms with van der Waals surface area (Å²) < 4.78 is 13.6. The van der Waals surface area contributed by atoms with Crippen LogP contribution in [0.25, 0.3) is 11.4 Å². The predicted octanol–water partition coefficient (Wildman–Crippen LogP) is 5.07. The third-order valence-corrected chi connectivity index (χ3v) is 4.29. The van der Waals surface area contributed by atoms with E-state index in [4.69, 9.17) is 21.7 Å². The molecule has 3 rings (SSSR count). The van der Waals surface area contributed by atoms with Gasteiger partial charge >= 0.3 is 0 Å². The zero-order valence-electron chi connectivity index (χ0n) is 16.1. The lowest BCUT2D eigenvalue weighted by molar-refractivity contribution is 0.272. The van der Waals surface area contributed by atoms with Gasteiger partial charge in [-0.05, 0) is 49.3 Å². The third-order valence-electron chi connectivity index (χ3n) is 4.03. The van der Waals surface area contributed by atoms with Crippen molar-refractivity contribution >= 4 is 18.4 Å². The van der Waals surface area contributed by atoms with E-state index in [1.165, 1.54) is 0 Å². The Morgan fingerprint density at radius 3 is 2.68 bits per heavy atom. The molecule has 1 N–H and O–H groups in total. The molecule has 0 aliphatic carbocycles. The Balaban J connectivity index is 1.86. The molecule has 146 valence electrons. The second-order valence-corrected chi connectivity index (χ2v) is 6.50.